The van der Waals surface area contributed by atoms with Crippen LogP contribution in [0.25, 0.3) is 11.1 Å². The van der Waals surface area contributed by atoms with Crippen LogP contribution in [0.3, 0.4) is 0 Å². The first-order chi connectivity index (χ1) is 8.74. The van der Waals surface area contributed by atoms with E-state index in [4.69, 9.17) is 5.73 Å². The molecular weight excluding hydrogens is 222 g/mol. The summed E-state index contributed by atoms with van der Waals surface area (Å²) < 4.78 is 0. The van der Waals surface area contributed by atoms with Gasteiger partial charge in [0, 0.05) is 18.0 Å². The third kappa shape index (κ3) is 2.27. The number of rotatable bonds is 3. The summed E-state index contributed by atoms with van der Waals surface area (Å²) in [5, 5.41) is 0. The smallest absolute Gasteiger partial charge is 0.145 e. The number of aryl methyl sites for hydroxylation is 1. The lowest BCUT2D eigenvalue weighted by molar-refractivity contribution is 0.593. The largest absolute Gasteiger partial charge is 0.321 e. The van der Waals surface area contributed by atoms with Crippen molar-refractivity contribution in [1.82, 2.24) is 9.97 Å². The van der Waals surface area contributed by atoms with Gasteiger partial charge in [-0.2, -0.15) is 0 Å². The molecule has 3 nitrogen and oxygen atoms in total. The Labute approximate surface area is 107 Å². The van der Waals surface area contributed by atoms with Crippen molar-refractivity contribution < 1.29 is 0 Å². The van der Waals surface area contributed by atoms with Crippen LogP contribution in [0.2, 0.25) is 0 Å². The van der Waals surface area contributed by atoms with Crippen molar-refractivity contribution in [3.05, 3.63) is 48.0 Å². The van der Waals surface area contributed by atoms with E-state index in [-0.39, 0.29) is 6.04 Å². The number of benzene rings is 1. The Balaban J connectivity index is 1.86. The number of nitrogens with zero attached hydrogens (tertiary/aromatic N) is 2. The summed E-state index contributed by atoms with van der Waals surface area (Å²) in [7, 11) is 0. The van der Waals surface area contributed by atoms with Gasteiger partial charge in [-0.05, 0) is 31.2 Å². The van der Waals surface area contributed by atoms with Crippen LogP contribution in [0.15, 0.2) is 36.7 Å². The molecule has 1 aromatic carbocycles. The molecule has 0 radical (unpaired) electrons. The Morgan fingerprint density at radius 1 is 1.17 bits per heavy atom. The average molecular weight is 239 g/mol. The second-order valence-electron chi connectivity index (χ2n) is 5.06. The number of hydrogen-bond acceptors (Lipinski definition) is 3. The van der Waals surface area contributed by atoms with Gasteiger partial charge in [-0.3, -0.25) is 0 Å². The first-order valence-electron chi connectivity index (χ1n) is 6.38. The maximum absolute atomic E-state index is 6.09. The first kappa shape index (κ1) is 11.4. The molecule has 0 saturated heterocycles. The molecule has 0 amide bonds. The van der Waals surface area contributed by atoms with E-state index in [0.717, 1.165) is 17.0 Å². The number of aromatic nitrogens is 2. The van der Waals surface area contributed by atoms with Gasteiger partial charge in [-0.15, -0.1) is 0 Å². The normalized spacial score (nSPS) is 16.6. The van der Waals surface area contributed by atoms with E-state index >= 15 is 0 Å². The fourth-order valence-corrected chi connectivity index (χ4v) is 2.15. The molecule has 1 atom stereocenters. The molecule has 0 aliphatic heterocycles. The van der Waals surface area contributed by atoms with Gasteiger partial charge in [0.25, 0.3) is 0 Å². The highest BCUT2D eigenvalue weighted by Gasteiger charge is 2.31. The Morgan fingerprint density at radius 3 is 2.50 bits per heavy atom. The van der Waals surface area contributed by atoms with E-state index < -0.39 is 0 Å². The fraction of sp³-hybridized carbons (Fsp3) is 0.333. The van der Waals surface area contributed by atoms with Gasteiger partial charge in [0.15, 0.2) is 0 Å². The monoisotopic (exact) mass is 239 g/mol. The number of hydrogen-bond donors (Lipinski definition) is 1. The van der Waals surface area contributed by atoms with Gasteiger partial charge in [0.05, 0.1) is 6.04 Å². The molecule has 0 bridgehead atoms. The topological polar surface area (TPSA) is 51.8 Å². The van der Waals surface area contributed by atoms with Crippen LogP contribution >= 0.6 is 0 Å². The molecule has 1 aromatic heterocycles. The molecule has 1 aliphatic rings. The van der Waals surface area contributed by atoms with Crippen LogP contribution in [0.5, 0.6) is 0 Å². The summed E-state index contributed by atoms with van der Waals surface area (Å²) in [5.74, 6) is 1.36. The molecule has 1 fully saturated rings. The highest BCUT2D eigenvalue weighted by atomic mass is 14.9. The predicted molar refractivity (Wildman–Crippen MR) is 71.9 cm³/mol. The molecule has 18 heavy (non-hydrogen) atoms. The molecular formula is C15H17N3. The Hall–Kier alpha value is -1.74. The van der Waals surface area contributed by atoms with Crippen molar-refractivity contribution >= 4 is 0 Å². The van der Waals surface area contributed by atoms with Crippen LogP contribution in [0, 0.1) is 12.8 Å². The summed E-state index contributed by atoms with van der Waals surface area (Å²) in [4.78, 5) is 8.82. The van der Waals surface area contributed by atoms with Gasteiger partial charge in [-0.1, -0.05) is 29.8 Å². The van der Waals surface area contributed by atoms with Crippen molar-refractivity contribution in [2.75, 3.05) is 0 Å². The predicted octanol–water partition coefficient (Wildman–Crippen LogP) is 2.86. The van der Waals surface area contributed by atoms with Crippen LogP contribution in [0.1, 0.15) is 30.3 Å². The molecule has 1 saturated carbocycles. The van der Waals surface area contributed by atoms with Gasteiger partial charge in [0.2, 0.25) is 0 Å². The lowest BCUT2D eigenvalue weighted by atomic mass is 10.1. The molecule has 3 rings (SSSR count). The lowest BCUT2D eigenvalue weighted by Crippen LogP contribution is -2.15. The van der Waals surface area contributed by atoms with Crippen molar-refractivity contribution in [2.45, 2.75) is 25.8 Å². The van der Waals surface area contributed by atoms with E-state index in [1.807, 2.05) is 12.4 Å². The van der Waals surface area contributed by atoms with Gasteiger partial charge < -0.3 is 5.73 Å². The highest BCUT2D eigenvalue weighted by Crippen LogP contribution is 2.38. The summed E-state index contributed by atoms with van der Waals surface area (Å²) in [6.45, 7) is 2.09. The van der Waals surface area contributed by atoms with Crippen LogP contribution in [-0.2, 0) is 0 Å². The van der Waals surface area contributed by atoms with E-state index in [9.17, 15) is 0 Å². The Morgan fingerprint density at radius 2 is 1.89 bits per heavy atom. The van der Waals surface area contributed by atoms with Gasteiger partial charge >= 0.3 is 0 Å². The third-order valence-corrected chi connectivity index (χ3v) is 3.45. The number of nitrogens with two attached hydrogens (primary N) is 1. The minimum absolute atomic E-state index is 0.0107. The zero-order valence-electron chi connectivity index (χ0n) is 10.5. The molecule has 1 unspecified atom stereocenters. The van der Waals surface area contributed by atoms with Gasteiger partial charge in [-0.25, -0.2) is 9.97 Å². The van der Waals surface area contributed by atoms with Crippen LogP contribution in [0.4, 0.5) is 0 Å². The molecule has 2 aromatic rings. The standard InChI is InChI=1S/C15H17N3/c1-10-3-2-4-12(7-10)13-8-17-15(18-9-13)14(16)11-5-6-11/h2-4,7-9,11,14H,5-6,16H2,1H3. The maximum atomic E-state index is 6.09. The van der Waals surface area contributed by atoms with Crippen molar-refractivity contribution in [2.24, 2.45) is 11.7 Å². The quantitative estimate of drug-likeness (QED) is 0.896. The zero-order chi connectivity index (χ0) is 12.5. The second kappa shape index (κ2) is 4.50. The Bertz CT molecular complexity index is 544. The van der Waals surface area contributed by atoms with Gasteiger partial charge in [0.1, 0.15) is 5.82 Å². The lowest BCUT2D eigenvalue weighted by Gasteiger charge is -2.09. The Kier molecular flexibility index (Phi) is 2.84. The minimum atomic E-state index is 0.0107. The summed E-state index contributed by atoms with van der Waals surface area (Å²) in [6.07, 6.45) is 6.17. The van der Waals surface area contributed by atoms with Crippen molar-refractivity contribution in [3.8, 4) is 11.1 Å². The minimum Gasteiger partial charge on any atom is -0.321 e. The second-order valence-corrected chi connectivity index (χ2v) is 5.06. The van der Waals surface area contributed by atoms with E-state index in [2.05, 4.69) is 41.2 Å². The first-order valence-corrected chi connectivity index (χ1v) is 6.38. The van der Waals surface area contributed by atoms with Crippen LogP contribution < -0.4 is 5.73 Å². The average Bonchev–Trinajstić information content (AvgIpc) is 3.22. The van der Waals surface area contributed by atoms with E-state index in [1.165, 1.54) is 18.4 Å². The highest BCUT2D eigenvalue weighted by molar-refractivity contribution is 5.62. The summed E-state index contributed by atoms with van der Waals surface area (Å²) >= 11 is 0. The molecule has 1 aliphatic carbocycles. The molecule has 2 N–H and O–H groups in total. The fourth-order valence-electron chi connectivity index (χ4n) is 2.15. The molecule has 3 heteroatoms. The SMILES string of the molecule is Cc1cccc(-c2cnc(C(N)C3CC3)nc2)c1. The van der Waals surface area contributed by atoms with Crippen molar-refractivity contribution in [1.29, 1.82) is 0 Å². The van der Waals surface area contributed by atoms with E-state index in [0.29, 0.717) is 5.92 Å². The maximum Gasteiger partial charge on any atom is 0.145 e. The summed E-state index contributed by atoms with van der Waals surface area (Å²) in [6, 6.07) is 8.36. The molecule has 1 heterocycles. The van der Waals surface area contributed by atoms with Crippen LogP contribution in [-0.4, -0.2) is 9.97 Å². The summed E-state index contributed by atoms with van der Waals surface area (Å²) in [5.41, 5.74) is 9.53. The van der Waals surface area contributed by atoms with Crippen molar-refractivity contribution in [3.63, 3.8) is 0 Å². The molecule has 0 spiro atoms. The van der Waals surface area contributed by atoms with E-state index in [1.54, 1.807) is 0 Å². The molecule has 92 valence electrons. The third-order valence-electron chi connectivity index (χ3n) is 3.45. The zero-order valence-corrected chi connectivity index (χ0v) is 10.5.